The summed E-state index contributed by atoms with van der Waals surface area (Å²) >= 11 is 0. The summed E-state index contributed by atoms with van der Waals surface area (Å²) in [5.41, 5.74) is 4.63. The Labute approximate surface area is 161 Å². The predicted octanol–water partition coefficient (Wildman–Crippen LogP) is 3.73. The Balaban J connectivity index is 1.69. The van der Waals surface area contributed by atoms with Crippen LogP contribution in [-0.2, 0) is 0 Å². The number of amides is 1. The number of hydrogen-bond donors (Lipinski definition) is 2. The average Bonchev–Trinajstić information content (AvgIpc) is 3.16. The number of methoxy groups -OCH3 is 1. The van der Waals surface area contributed by atoms with Gasteiger partial charge in [-0.3, -0.25) is 4.79 Å². The number of carboxylic acid groups (broad SMARTS) is 1. The molecule has 3 rings (SSSR count). The van der Waals surface area contributed by atoms with E-state index in [0.717, 1.165) is 11.1 Å². The lowest BCUT2D eigenvalue weighted by Crippen LogP contribution is -2.17. The van der Waals surface area contributed by atoms with Gasteiger partial charge in [-0.2, -0.15) is 5.10 Å². The third kappa shape index (κ3) is 4.27. The van der Waals surface area contributed by atoms with E-state index in [4.69, 9.17) is 14.3 Å². The van der Waals surface area contributed by atoms with Gasteiger partial charge in [0.25, 0.3) is 5.91 Å². The standard InChI is InChI=1S/C21H18N2O5/c1-13-10-15(21(25)26)6-8-18(13)19-9-7-17(28-19)12-22-23-20(24)14-4-3-5-16(11-14)27-2/h3-12H,1-2H3,(H,23,24)(H,25,26). The van der Waals surface area contributed by atoms with E-state index in [2.05, 4.69) is 10.5 Å². The van der Waals surface area contributed by atoms with Crippen molar-refractivity contribution < 1.29 is 23.8 Å². The van der Waals surface area contributed by atoms with E-state index in [0.29, 0.717) is 22.8 Å². The monoisotopic (exact) mass is 378 g/mol. The smallest absolute Gasteiger partial charge is 0.335 e. The Bertz CT molecular complexity index is 1050. The van der Waals surface area contributed by atoms with Gasteiger partial charge in [0.2, 0.25) is 0 Å². The molecule has 0 radical (unpaired) electrons. The molecule has 28 heavy (non-hydrogen) atoms. The number of aryl methyl sites for hydroxylation is 1. The molecule has 0 aliphatic rings. The van der Waals surface area contributed by atoms with E-state index in [9.17, 15) is 9.59 Å². The van der Waals surface area contributed by atoms with Gasteiger partial charge in [0.1, 0.15) is 17.3 Å². The van der Waals surface area contributed by atoms with Crippen LogP contribution in [0, 0.1) is 6.92 Å². The summed E-state index contributed by atoms with van der Waals surface area (Å²) < 4.78 is 10.8. The largest absolute Gasteiger partial charge is 0.497 e. The van der Waals surface area contributed by atoms with Crippen molar-refractivity contribution in [2.75, 3.05) is 7.11 Å². The molecule has 0 saturated carbocycles. The molecular formula is C21H18N2O5. The van der Waals surface area contributed by atoms with E-state index >= 15 is 0 Å². The highest BCUT2D eigenvalue weighted by atomic mass is 16.5. The molecule has 1 heterocycles. The zero-order valence-corrected chi connectivity index (χ0v) is 15.3. The summed E-state index contributed by atoms with van der Waals surface area (Å²) in [5, 5.41) is 12.9. The van der Waals surface area contributed by atoms with E-state index in [-0.39, 0.29) is 11.5 Å². The van der Waals surface area contributed by atoms with Crippen molar-refractivity contribution in [3.63, 3.8) is 0 Å². The van der Waals surface area contributed by atoms with Gasteiger partial charge in [-0.15, -0.1) is 0 Å². The van der Waals surface area contributed by atoms with Crippen LogP contribution in [-0.4, -0.2) is 30.3 Å². The van der Waals surface area contributed by atoms with Gasteiger partial charge in [0.05, 0.1) is 18.9 Å². The number of rotatable bonds is 6. The van der Waals surface area contributed by atoms with E-state index < -0.39 is 5.97 Å². The predicted molar refractivity (Wildman–Crippen MR) is 104 cm³/mol. The number of hydrogen-bond acceptors (Lipinski definition) is 5. The number of nitrogens with zero attached hydrogens (tertiary/aromatic N) is 1. The molecule has 0 bridgehead atoms. The SMILES string of the molecule is COc1cccc(C(=O)NN=Cc2ccc(-c3ccc(C(=O)O)cc3C)o2)c1. The lowest BCUT2D eigenvalue weighted by Gasteiger charge is -2.04. The van der Waals surface area contributed by atoms with Crippen molar-refractivity contribution in [3.8, 4) is 17.1 Å². The first-order valence-electron chi connectivity index (χ1n) is 8.39. The van der Waals surface area contributed by atoms with Crippen LogP contribution < -0.4 is 10.2 Å². The van der Waals surface area contributed by atoms with Crippen molar-refractivity contribution in [2.45, 2.75) is 6.92 Å². The van der Waals surface area contributed by atoms with E-state index in [1.165, 1.54) is 19.4 Å². The number of nitrogens with one attached hydrogen (secondary N) is 1. The molecule has 2 N–H and O–H groups in total. The van der Waals surface area contributed by atoms with Gasteiger partial charge in [0, 0.05) is 11.1 Å². The second kappa shape index (κ2) is 8.22. The molecule has 0 aliphatic heterocycles. The van der Waals surface area contributed by atoms with Crippen molar-refractivity contribution in [2.24, 2.45) is 5.10 Å². The third-order valence-electron chi connectivity index (χ3n) is 4.06. The summed E-state index contributed by atoms with van der Waals surface area (Å²) in [7, 11) is 1.53. The zero-order chi connectivity index (χ0) is 20.1. The minimum atomic E-state index is -0.978. The summed E-state index contributed by atoms with van der Waals surface area (Å²) in [6.07, 6.45) is 1.39. The van der Waals surface area contributed by atoms with Crippen molar-refractivity contribution in [1.82, 2.24) is 5.43 Å². The van der Waals surface area contributed by atoms with Gasteiger partial charge in [-0.05, 0) is 55.0 Å². The molecular weight excluding hydrogens is 360 g/mol. The first-order chi connectivity index (χ1) is 13.5. The van der Waals surface area contributed by atoms with Crippen LogP contribution in [0.5, 0.6) is 5.75 Å². The van der Waals surface area contributed by atoms with Gasteiger partial charge < -0.3 is 14.3 Å². The summed E-state index contributed by atoms with van der Waals surface area (Å²) in [4.78, 5) is 23.1. The molecule has 0 spiro atoms. The topological polar surface area (TPSA) is 101 Å². The maximum atomic E-state index is 12.1. The number of hydrazone groups is 1. The Hall–Kier alpha value is -3.87. The van der Waals surface area contributed by atoms with Crippen LogP contribution in [0.15, 0.2) is 64.1 Å². The Morgan fingerprint density at radius 2 is 1.93 bits per heavy atom. The second-order valence-corrected chi connectivity index (χ2v) is 5.97. The average molecular weight is 378 g/mol. The van der Waals surface area contributed by atoms with Crippen molar-refractivity contribution in [1.29, 1.82) is 0 Å². The van der Waals surface area contributed by atoms with Gasteiger partial charge in [-0.25, -0.2) is 10.2 Å². The third-order valence-corrected chi connectivity index (χ3v) is 4.06. The molecule has 142 valence electrons. The Morgan fingerprint density at radius 3 is 2.64 bits per heavy atom. The number of aromatic carboxylic acids is 1. The fraction of sp³-hybridized carbons (Fsp3) is 0.0952. The van der Waals surface area contributed by atoms with Crippen molar-refractivity contribution in [3.05, 3.63) is 77.0 Å². The molecule has 0 aliphatic carbocycles. The highest BCUT2D eigenvalue weighted by molar-refractivity contribution is 5.95. The maximum absolute atomic E-state index is 12.1. The molecule has 1 amide bonds. The summed E-state index contributed by atoms with van der Waals surface area (Å²) in [6, 6.07) is 15.0. The van der Waals surface area contributed by atoms with E-state index in [1.807, 2.05) is 6.92 Å². The fourth-order valence-corrected chi connectivity index (χ4v) is 2.62. The fourth-order valence-electron chi connectivity index (χ4n) is 2.62. The minimum absolute atomic E-state index is 0.217. The van der Waals surface area contributed by atoms with E-state index in [1.54, 1.807) is 48.5 Å². The molecule has 7 heteroatoms. The number of benzene rings is 2. The summed E-state index contributed by atoms with van der Waals surface area (Å²) in [5.74, 6) is 0.255. The highest BCUT2D eigenvalue weighted by Gasteiger charge is 2.10. The normalized spacial score (nSPS) is 10.8. The maximum Gasteiger partial charge on any atom is 0.335 e. The van der Waals surface area contributed by atoms with Crippen LogP contribution >= 0.6 is 0 Å². The second-order valence-electron chi connectivity index (χ2n) is 5.97. The zero-order valence-electron chi connectivity index (χ0n) is 15.3. The minimum Gasteiger partial charge on any atom is -0.497 e. The Morgan fingerprint density at radius 1 is 1.11 bits per heavy atom. The molecule has 3 aromatic rings. The van der Waals surface area contributed by atoms with Crippen molar-refractivity contribution >= 4 is 18.1 Å². The lowest BCUT2D eigenvalue weighted by molar-refractivity contribution is 0.0696. The quantitative estimate of drug-likeness (QED) is 0.503. The molecule has 1 aromatic heterocycles. The number of carbonyl (C=O) groups is 2. The molecule has 7 nitrogen and oxygen atoms in total. The Kier molecular flexibility index (Phi) is 5.55. The number of ether oxygens (including phenoxy) is 1. The number of carboxylic acids is 1. The van der Waals surface area contributed by atoms with Crippen LogP contribution in [0.2, 0.25) is 0 Å². The van der Waals surface area contributed by atoms with Gasteiger partial charge in [-0.1, -0.05) is 12.1 Å². The molecule has 0 saturated heterocycles. The van der Waals surface area contributed by atoms with Crippen LogP contribution in [0.3, 0.4) is 0 Å². The van der Waals surface area contributed by atoms with Gasteiger partial charge in [0.15, 0.2) is 0 Å². The lowest BCUT2D eigenvalue weighted by atomic mass is 10.0. The number of furan rings is 1. The first kappa shape index (κ1) is 18.9. The molecule has 0 fully saturated rings. The first-order valence-corrected chi connectivity index (χ1v) is 8.39. The summed E-state index contributed by atoms with van der Waals surface area (Å²) in [6.45, 7) is 1.81. The molecule has 0 unspecified atom stereocenters. The van der Waals surface area contributed by atoms with Crippen LogP contribution in [0.1, 0.15) is 32.0 Å². The number of carbonyl (C=O) groups excluding carboxylic acids is 1. The highest BCUT2D eigenvalue weighted by Crippen LogP contribution is 2.26. The van der Waals surface area contributed by atoms with Gasteiger partial charge >= 0.3 is 5.97 Å². The molecule has 2 aromatic carbocycles. The van der Waals surface area contributed by atoms with Crippen LogP contribution in [0.25, 0.3) is 11.3 Å². The molecule has 0 atom stereocenters. The van der Waals surface area contributed by atoms with Crippen LogP contribution in [0.4, 0.5) is 0 Å².